The van der Waals surface area contributed by atoms with Crippen LogP contribution < -0.4 is 5.32 Å². The van der Waals surface area contributed by atoms with Crippen LogP contribution in [-0.4, -0.2) is 11.1 Å². The van der Waals surface area contributed by atoms with Crippen molar-refractivity contribution in [3.63, 3.8) is 0 Å². The minimum Gasteiger partial charge on any atom is -0.508 e. The van der Waals surface area contributed by atoms with Crippen LogP contribution in [0, 0.1) is 12.8 Å². The zero-order valence-corrected chi connectivity index (χ0v) is 10.9. The number of phenols is 1. The number of hydrogen-bond acceptors (Lipinski definition) is 2. The average Bonchev–Trinajstić information content (AvgIpc) is 2.49. The molecule has 0 aromatic heterocycles. The smallest absolute Gasteiger partial charge is 0.118 e. The lowest BCUT2D eigenvalue weighted by molar-refractivity contribution is 0.471. The highest BCUT2D eigenvalue weighted by molar-refractivity contribution is 5.50. The Hall–Kier alpha value is -1.18. The van der Waals surface area contributed by atoms with E-state index in [1.807, 2.05) is 19.1 Å². The molecule has 0 heterocycles. The third kappa shape index (κ3) is 3.39. The largest absolute Gasteiger partial charge is 0.508 e. The molecular formula is C15H23NO. The zero-order chi connectivity index (χ0) is 12.3. The molecule has 17 heavy (non-hydrogen) atoms. The Morgan fingerprint density at radius 2 is 2.00 bits per heavy atom. The van der Waals surface area contributed by atoms with Crippen molar-refractivity contribution in [3.05, 3.63) is 23.8 Å². The first-order valence-electron chi connectivity index (χ1n) is 6.71. The third-order valence-corrected chi connectivity index (χ3v) is 3.83. The van der Waals surface area contributed by atoms with Gasteiger partial charge in [0.05, 0.1) is 0 Å². The number of nitrogens with one attached hydrogen (secondary N) is 1. The van der Waals surface area contributed by atoms with Gasteiger partial charge in [-0.1, -0.05) is 19.8 Å². The molecule has 2 unspecified atom stereocenters. The molecule has 2 atom stereocenters. The van der Waals surface area contributed by atoms with Gasteiger partial charge >= 0.3 is 0 Å². The first kappa shape index (κ1) is 12.3. The molecule has 1 fully saturated rings. The van der Waals surface area contributed by atoms with E-state index < -0.39 is 0 Å². The van der Waals surface area contributed by atoms with Crippen molar-refractivity contribution >= 4 is 5.69 Å². The lowest BCUT2D eigenvalue weighted by Gasteiger charge is -2.18. The molecule has 0 radical (unpaired) electrons. The minimum absolute atomic E-state index is 0.380. The van der Waals surface area contributed by atoms with Gasteiger partial charge in [-0.15, -0.1) is 0 Å². The van der Waals surface area contributed by atoms with E-state index >= 15 is 0 Å². The molecule has 2 N–H and O–H groups in total. The lowest BCUT2D eigenvalue weighted by Crippen LogP contribution is -2.18. The number of aryl methyl sites for hydroxylation is 1. The Labute approximate surface area is 104 Å². The molecular weight excluding hydrogens is 210 g/mol. The number of rotatable bonds is 2. The second-order valence-electron chi connectivity index (χ2n) is 5.46. The number of anilines is 1. The number of benzene rings is 1. The van der Waals surface area contributed by atoms with Gasteiger partial charge in [-0.25, -0.2) is 0 Å². The highest BCUT2D eigenvalue weighted by Gasteiger charge is 2.15. The monoisotopic (exact) mass is 233 g/mol. The average molecular weight is 233 g/mol. The van der Waals surface area contributed by atoms with E-state index in [4.69, 9.17) is 0 Å². The van der Waals surface area contributed by atoms with E-state index in [9.17, 15) is 5.11 Å². The minimum atomic E-state index is 0.380. The normalized spacial score (nSPS) is 25.3. The summed E-state index contributed by atoms with van der Waals surface area (Å²) in [4.78, 5) is 0. The molecule has 1 aromatic rings. The Balaban J connectivity index is 1.97. The summed E-state index contributed by atoms with van der Waals surface area (Å²) in [6, 6.07) is 6.38. The molecule has 2 rings (SSSR count). The van der Waals surface area contributed by atoms with Crippen LogP contribution in [0.5, 0.6) is 5.75 Å². The summed E-state index contributed by atoms with van der Waals surface area (Å²) in [7, 11) is 0. The van der Waals surface area contributed by atoms with Gasteiger partial charge in [0.25, 0.3) is 0 Å². The summed E-state index contributed by atoms with van der Waals surface area (Å²) in [6.07, 6.45) is 6.56. The Bertz CT molecular complexity index is 375. The van der Waals surface area contributed by atoms with Crippen molar-refractivity contribution in [3.8, 4) is 5.75 Å². The first-order chi connectivity index (χ1) is 8.15. The molecule has 2 heteroatoms. The Kier molecular flexibility index (Phi) is 3.93. The molecule has 0 aliphatic heterocycles. The van der Waals surface area contributed by atoms with Gasteiger partial charge in [0, 0.05) is 11.7 Å². The van der Waals surface area contributed by atoms with E-state index in [1.54, 1.807) is 6.07 Å². The molecule has 0 amide bonds. The van der Waals surface area contributed by atoms with E-state index in [-0.39, 0.29) is 0 Å². The quantitative estimate of drug-likeness (QED) is 0.596. The van der Waals surface area contributed by atoms with E-state index in [2.05, 4.69) is 12.2 Å². The van der Waals surface area contributed by atoms with Crippen LogP contribution in [0.2, 0.25) is 0 Å². The Morgan fingerprint density at radius 3 is 2.76 bits per heavy atom. The van der Waals surface area contributed by atoms with Crippen molar-refractivity contribution in [2.75, 3.05) is 5.32 Å². The molecule has 1 aliphatic rings. The summed E-state index contributed by atoms with van der Waals surface area (Å²) < 4.78 is 0. The van der Waals surface area contributed by atoms with E-state index in [0.717, 1.165) is 17.2 Å². The fourth-order valence-electron chi connectivity index (χ4n) is 2.61. The molecule has 0 spiro atoms. The number of aromatic hydroxyl groups is 1. The third-order valence-electron chi connectivity index (χ3n) is 3.83. The van der Waals surface area contributed by atoms with Crippen molar-refractivity contribution < 1.29 is 5.11 Å². The van der Waals surface area contributed by atoms with Crippen LogP contribution in [0.15, 0.2) is 18.2 Å². The maximum atomic E-state index is 9.50. The van der Waals surface area contributed by atoms with Crippen LogP contribution in [0.3, 0.4) is 0 Å². The molecule has 0 saturated heterocycles. The van der Waals surface area contributed by atoms with Gasteiger partial charge < -0.3 is 10.4 Å². The van der Waals surface area contributed by atoms with Gasteiger partial charge in [-0.2, -0.15) is 0 Å². The molecule has 2 nitrogen and oxygen atoms in total. The standard InChI is InChI=1S/C15H23NO/c1-11-4-3-5-13(7-6-11)16-14-8-9-15(17)12(2)10-14/h8-11,13,16-17H,3-7H2,1-2H3. The predicted octanol–water partition coefficient (Wildman–Crippen LogP) is 4.08. The van der Waals surface area contributed by atoms with Crippen LogP contribution in [0.4, 0.5) is 5.69 Å². The molecule has 1 saturated carbocycles. The fraction of sp³-hybridized carbons (Fsp3) is 0.600. The zero-order valence-electron chi connectivity index (χ0n) is 10.9. The predicted molar refractivity (Wildman–Crippen MR) is 72.5 cm³/mol. The summed E-state index contributed by atoms with van der Waals surface area (Å²) in [5, 5.41) is 13.1. The molecule has 0 bridgehead atoms. The summed E-state index contributed by atoms with van der Waals surface area (Å²) >= 11 is 0. The Morgan fingerprint density at radius 1 is 1.18 bits per heavy atom. The van der Waals surface area contributed by atoms with Gasteiger partial charge in [-0.05, 0) is 55.9 Å². The van der Waals surface area contributed by atoms with Gasteiger partial charge in [-0.3, -0.25) is 0 Å². The SMILES string of the molecule is Cc1cc(NC2CCCC(C)CC2)ccc1O. The van der Waals surface area contributed by atoms with Gasteiger partial charge in [0.2, 0.25) is 0 Å². The first-order valence-corrected chi connectivity index (χ1v) is 6.71. The second kappa shape index (κ2) is 5.44. The van der Waals surface area contributed by atoms with Crippen molar-refractivity contribution in [1.82, 2.24) is 0 Å². The van der Waals surface area contributed by atoms with Gasteiger partial charge in [0.15, 0.2) is 0 Å². The van der Waals surface area contributed by atoms with Crippen molar-refractivity contribution in [1.29, 1.82) is 0 Å². The summed E-state index contributed by atoms with van der Waals surface area (Å²) in [5.41, 5.74) is 2.08. The van der Waals surface area contributed by atoms with E-state index in [0.29, 0.717) is 11.8 Å². The molecule has 94 valence electrons. The highest BCUT2D eigenvalue weighted by atomic mass is 16.3. The maximum absolute atomic E-state index is 9.50. The van der Waals surface area contributed by atoms with Gasteiger partial charge in [0.1, 0.15) is 5.75 Å². The highest BCUT2D eigenvalue weighted by Crippen LogP contribution is 2.26. The van der Waals surface area contributed by atoms with Crippen molar-refractivity contribution in [2.24, 2.45) is 5.92 Å². The molecule has 1 aliphatic carbocycles. The van der Waals surface area contributed by atoms with Crippen LogP contribution >= 0.6 is 0 Å². The second-order valence-corrected chi connectivity index (χ2v) is 5.46. The topological polar surface area (TPSA) is 32.3 Å². The summed E-state index contributed by atoms with van der Waals surface area (Å²) in [6.45, 7) is 4.29. The van der Waals surface area contributed by atoms with Crippen LogP contribution in [-0.2, 0) is 0 Å². The van der Waals surface area contributed by atoms with Crippen LogP contribution in [0.1, 0.15) is 44.6 Å². The number of phenolic OH excluding ortho intramolecular Hbond substituents is 1. The fourth-order valence-corrected chi connectivity index (χ4v) is 2.61. The lowest BCUT2D eigenvalue weighted by atomic mass is 10.0. The maximum Gasteiger partial charge on any atom is 0.118 e. The summed E-state index contributed by atoms with van der Waals surface area (Å²) in [5.74, 6) is 1.26. The van der Waals surface area contributed by atoms with Crippen LogP contribution in [0.25, 0.3) is 0 Å². The molecule has 1 aromatic carbocycles. The van der Waals surface area contributed by atoms with E-state index in [1.165, 1.54) is 32.1 Å². The number of hydrogen-bond donors (Lipinski definition) is 2. The van der Waals surface area contributed by atoms with Crippen molar-refractivity contribution in [2.45, 2.75) is 52.0 Å².